The predicted octanol–water partition coefficient (Wildman–Crippen LogP) is 2.03. The van der Waals surface area contributed by atoms with Gasteiger partial charge in [-0.25, -0.2) is 0 Å². The Morgan fingerprint density at radius 2 is 1.65 bits per heavy atom. The topological polar surface area (TPSA) is 52.7 Å². The number of amides is 2. The molecule has 1 rings (SSSR count). The Hall–Kier alpha value is -1.88. The van der Waals surface area contributed by atoms with Gasteiger partial charge in [-0.15, -0.1) is 0 Å². The highest BCUT2D eigenvalue weighted by Gasteiger charge is 2.19. The zero-order chi connectivity index (χ0) is 17.6. The van der Waals surface area contributed by atoms with Gasteiger partial charge < -0.3 is 15.1 Å². The van der Waals surface area contributed by atoms with E-state index in [0.29, 0.717) is 6.54 Å². The number of anilines is 1. The Morgan fingerprint density at radius 1 is 1.09 bits per heavy atom. The highest BCUT2D eigenvalue weighted by molar-refractivity contribution is 5.98. The maximum absolute atomic E-state index is 12.1. The minimum Gasteiger partial charge on any atom is -0.355 e. The van der Waals surface area contributed by atoms with Crippen LogP contribution in [0.25, 0.3) is 0 Å². The molecule has 5 nitrogen and oxygen atoms in total. The molecule has 5 heteroatoms. The van der Waals surface area contributed by atoms with Gasteiger partial charge in [0.25, 0.3) is 0 Å². The summed E-state index contributed by atoms with van der Waals surface area (Å²) < 4.78 is 0. The first-order valence-corrected chi connectivity index (χ1v) is 7.99. The summed E-state index contributed by atoms with van der Waals surface area (Å²) in [7, 11) is 4.00. The molecule has 1 aromatic carbocycles. The lowest BCUT2D eigenvalue weighted by atomic mass is 10.0. The molecule has 1 N–H and O–H groups in total. The molecule has 0 unspecified atom stereocenters. The highest BCUT2D eigenvalue weighted by atomic mass is 16.2. The minimum absolute atomic E-state index is 0.0576. The molecule has 0 aliphatic rings. The van der Waals surface area contributed by atoms with Crippen molar-refractivity contribution in [2.24, 2.45) is 0 Å². The van der Waals surface area contributed by atoms with E-state index >= 15 is 0 Å². The third-order valence-electron chi connectivity index (χ3n) is 3.69. The van der Waals surface area contributed by atoms with Crippen LogP contribution in [0, 0.1) is 20.8 Å². The summed E-state index contributed by atoms with van der Waals surface area (Å²) in [6, 6.07) is 4.07. The molecule has 0 bridgehead atoms. The zero-order valence-corrected chi connectivity index (χ0v) is 15.2. The van der Waals surface area contributed by atoms with Crippen LogP contribution in [-0.2, 0) is 9.59 Å². The molecule has 2 amide bonds. The molecular formula is C18H29N3O2. The number of hydrogen-bond acceptors (Lipinski definition) is 3. The van der Waals surface area contributed by atoms with Gasteiger partial charge in [-0.2, -0.15) is 0 Å². The second-order valence-corrected chi connectivity index (χ2v) is 6.36. The van der Waals surface area contributed by atoms with Crippen LogP contribution < -0.4 is 10.2 Å². The third kappa shape index (κ3) is 6.02. The van der Waals surface area contributed by atoms with Crippen molar-refractivity contribution in [3.63, 3.8) is 0 Å². The molecule has 0 aromatic heterocycles. The number of nitrogens with one attached hydrogen (secondary N) is 1. The van der Waals surface area contributed by atoms with Crippen LogP contribution in [0.2, 0.25) is 0 Å². The van der Waals surface area contributed by atoms with Gasteiger partial charge in [-0.05, 0) is 59.0 Å². The van der Waals surface area contributed by atoms with E-state index in [4.69, 9.17) is 0 Å². The maximum Gasteiger partial charge on any atom is 0.240 e. The second-order valence-electron chi connectivity index (χ2n) is 6.36. The lowest BCUT2D eigenvalue weighted by Crippen LogP contribution is -2.41. The van der Waals surface area contributed by atoms with Crippen LogP contribution in [0.1, 0.15) is 30.0 Å². The van der Waals surface area contributed by atoms with Crippen LogP contribution in [0.5, 0.6) is 0 Å². The number of benzene rings is 1. The number of carbonyl (C=O) groups is 2. The molecule has 0 fully saturated rings. The van der Waals surface area contributed by atoms with Gasteiger partial charge in [0.2, 0.25) is 11.8 Å². The summed E-state index contributed by atoms with van der Waals surface area (Å²) >= 11 is 0. The molecule has 0 heterocycles. The molecule has 0 aliphatic heterocycles. The Labute approximate surface area is 139 Å². The molecule has 0 spiro atoms. The molecule has 1 aromatic rings. The van der Waals surface area contributed by atoms with Gasteiger partial charge in [-0.3, -0.25) is 9.59 Å². The lowest BCUT2D eigenvalue weighted by molar-refractivity contribution is -0.123. The van der Waals surface area contributed by atoms with Crippen molar-refractivity contribution in [3.05, 3.63) is 28.8 Å². The van der Waals surface area contributed by atoms with Crippen molar-refractivity contribution in [3.8, 4) is 0 Å². The van der Waals surface area contributed by atoms with E-state index < -0.39 is 0 Å². The molecular weight excluding hydrogens is 290 g/mol. The van der Waals surface area contributed by atoms with E-state index in [1.54, 1.807) is 4.90 Å². The van der Waals surface area contributed by atoms with Crippen molar-refractivity contribution in [1.29, 1.82) is 0 Å². The second kappa shape index (κ2) is 8.67. The molecule has 0 saturated carbocycles. The number of carbonyl (C=O) groups excluding carboxylic acids is 2. The maximum atomic E-state index is 12.1. The van der Waals surface area contributed by atoms with Gasteiger partial charge in [0.15, 0.2) is 0 Å². The SMILES string of the molecule is CC(=O)N(CC(=O)NCCCN(C)C)c1c(C)cc(C)cc1C. The molecule has 128 valence electrons. The molecule has 0 aliphatic carbocycles. The third-order valence-corrected chi connectivity index (χ3v) is 3.69. The van der Waals surface area contributed by atoms with Crippen molar-refractivity contribution in [2.75, 3.05) is 38.6 Å². The van der Waals surface area contributed by atoms with Crippen LogP contribution >= 0.6 is 0 Å². The summed E-state index contributed by atoms with van der Waals surface area (Å²) in [6.45, 7) is 9.07. The van der Waals surface area contributed by atoms with E-state index in [9.17, 15) is 9.59 Å². The van der Waals surface area contributed by atoms with E-state index in [-0.39, 0.29) is 18.4 Å². The summed E-state index contributed by atoms with van der Waals surface area (Å²) in [5.74, 6) is -0.248. The largest absolute Gasteiger partial charge is 0.355 e. The predicted molar refractivity (Wildman–Crippen MR) is 94.9 cm³/mol. The summed E-state index contributed by atoms with van der Waals surface area (Å²) in [5, 5.41) is 2.88. The van der Waals surface area contributed by atoms with Crippen molar-refractivity contribution in [1.82, 2.24) is 10.2 Å². The van der Waals surface area contributed by atoms with Crippen molar-refractivity contribution in [2.45, 2.75) is 34.1 Å². The van der Waals surface area contributed by atoms with Gasteiger partial charge in [0.1, 0.15) is 6.54 Å². The van der Waals surface area contributed by atoms with Gasteiger partial charge in [0.05, 0.1) is 5.69 Å². The summed E-state index contributed by atoms with van der Waals surface area (Å²) in [4.78, 5) is 27.8. The Bertz CT molecular complexity index is 544. The van der Waals surface area contributed by atoms with E-state index in [0.717, 1.165) is 35.3 Å². The number of rotatable bonds is 7. The van der Waals surface area contributed by atoms with Crippen LogP contribution in [-0.4, -0.2) is 50.4 Å². The van der Waals surface area contributed by atoms with Crippen molar-refractivity contribution >= 4 is 17.5 Å². The smallest absolute Gasteiger partial charge is 0.240 e. The van der Waals surface area contributed by atoms with Gasteiger partial charge in [-0.1, -0.05) is 17.7 Å². The lowest BCUT2D eigenvalue weighted by Gasteiger charge is -2.25. The van der Waals surface area contributed by atoms with E-state index in [1.165, 1.54) is 6.92 Å². The van der Waals surface area contributed by atoms with Crippen molar-refractivity contribution < 1.29 is 9.59 Å². The van der Waals surface area contributed by atoms with E-state index in [2.05, 4.69) is 10.2 Å². The standard InChI is InChI=1S/C18H29N3O2/c1-13-10-14(2)18(15(3)11-13)21(16(4)22)12-17(23)19-8-7-9-20(5)6/h10-11H,7-9,12H2,1-6H3,(H,19,23). The first-order valence-electron chi connectivity index (χ1n) is 7.99. The Morgan fingerprint density at radius 3 is 2.13 bits per heavy atom. The van der Waals surface area contributed by atoms with Gasteiger partial charge >= 0.3 is 0 Å². The molecule has 0 saturated heterocycles. The molecule has 23 heavy (non-hydrogen) atoms. The fraction of sp³-hybridized carbons (Fsp3) is 0.556. The minimum atomic E-state index is -0.127. The van der Waals surface area contributed by atoms with Gasteiger partial charge in [0, 0.05) is 13.5 Å². The highest BCUT2D eigenvalue weighted by Crippen LogP contribution is 2.26. The zero-order valence-electron chi connectivity index (χ0n) is 15.2. The number of hydrogen-bond donors (Lipinski definition) is 1. The summed E-state index contributed by atoms with van der Waals surface area (Å²) in [5.41, 5.74) is 4.02. The monoisotopic (exact) mass is 319 g/mol. The fourth-order valence-electron chi connectivity index (χ4n) is 2.77. The molecule has 0 radical (unpaired) electrons. The Balaban J connectivity index is 2.77. The number of nitrogens with zero attached hydrogens (tertiary/aromatic N) is 2. The normalized spacial score (nSPS) is 10.7. The average molecular weight is 319 g/mol. The quantitative estimate of drug-likeness (QED) is 0.783. The van der Waals surface area contributed by atoms with Crippen LogP contribution in [0.15, 0.2) is 12.1 Å². The summed E-state index contributed by atoms with van der Waals surface area (Å²) in [6.07, 6.45) is 0.890. The first kappa shape index (κ1) is 19.2. The molecule has 0 atom stereocenters. The van der Waals surface area contributed by atoms with Crippen LogP contribution in [0.4, 0.5) is 5.69 Å². The average Bonchev–Trinajstić information content (AvgIpc) is 2.41. The van der Waals surface area contributed by atoms with E-state index in [1.807, 2.05) is 47.0 Å². The first-order chi connectivity index (χ1) is 10.7. The van der Waals surface area contributed by atoms with Crippen LogP contribution in [0.3, 0.4) is 0 Å². The fourth-order valence-corrected chi connectivity index (χ4v) is 2.77. The number of aryl methyl sites for hydroxylation is 3. The Kier molecular flexibility index (Phi) is 7.23.